The first kappa shape index (κ1) is 11.0. The maximum absolute atomic E-state index is 8.81. The Kier molecular flexibility index (Phi) is 4.11. The first-order valence-corrected chi connectivity index (χ1v) is 6.51. The van der Waals surface area contributed by atoms with Crippen LogP contribution in [-0.2, 0) is 12.8 Å². The number of aliphatic hydroxyl groups is 1. The van der Waals surface area contributed by atoms with Crippen LogP contribution in [0.5, 0.6) is 0 Å². The predicted octanol–water partition coefficient (Wildman–Crippen LogP) is 1.22. The van der Waals surface area contributed by atoms with Gasteiger partial charge in [0.25, 0.3) is 0 Å². The summed E-state index contributed by atoms with van der Waals surface area (Å²) in [6, 6.07) is 0. The van der Waals surface area contributed by atoms with E-state index in [0.29, 0.717) is 6.42 Å². The second-order valence-electron chi connectivity index (χ2n) is 4.10. The fourth-order valence-corrected chi connectivity index (χ4v) is 2.95. The monoisotopic (exact) mass is 226 g/mol. The zero-order valence-electron chi connectivity index (χ0n) is 8.91. The summed E-state index contributed by atoms with van der Waals surface area (Å²) in [6.45, 7) is 2.51. The van der Waals surface area contributed by atoms with Crippen LogP contribution in [0.3, 0.4) is 0 Å². The quantitative estimate of drug-likeness (QED) is 0.811. The van der Waals surface area contributed by atoms with Gasteiger partial charge in [-0.2, -0.15) is 0 Å². The van der Waals surface area contributed by atoms with Gasteiger partial charge in [-0.3, -0.25) is 0 Å². The van der Waals surface area contributed by atoms with Gasteiger partial charge >= 0.3 is 0 Å². The molecule has 0 aromatic carbocycles. The number of nitrogens with one attached hydrogen (secondary N) is 1. The minimum Gasteiger partial charge on any atom is -0.396 e. The first-order chi connectivity index (χ1) is 7.38. The van der Waals surface area contributed by atoms with Gasteiger partial charge in [-0.25, -0.2) is 4.98 Å². The van der Waals surface area contributed by atoms with Crippen LogP contribution < -0.4 is 5.32 Å². The Morgan fingerprint density at radius 1 is 1.47 bits per heavy atom. The number of thiazole rings is 1. The van der Waals surface area contributed by atoms with Crippen LogP contribution in [0, 0.1) is 5.92 Å². The Bertz CT molecular complexity index is 295. The van der Waals surface area contributed by atoms with Crippen molar-refractivity contribution in [2.75, 3.05) is 19.7 Å². The molecule has 0 atom stereocenters. The lowest BCUT2D eigenvalue weighted by Gasteiger charge is -2.21. The van der Waals surface area contributed by atoms with Crippen LogP contribution >= 0.6 is 11.3 Å². The largest absolute Gasteiger partial charge is 0.396 e. The van der Waals surface area contributed by atoms with Gasteiger partial charge in [-0.05, 0) is 31.8 Å². The highest BCUT2D eigenvalue weighted by Gasteiger charge is 2.15. The molecule has 1 saturated heterocycles. The van der Waals surface area contributed by atoms with Crippen molar-refractivity contribution in [3.63, 3.8) is 0 Å². The number of piperidine rings is 1. The Labute approximate surface area is 94.5 Å². The van der Waals surface area contributed by atoms with E-state index in [-0.39, 0.29) is 6.61 Å². The van der Waals surface area contributed by atoms with Crippen molar-refractivity contribution in [2.24, 2.45) is 5.92 Å². The summed E-state index contributed by atoms with van der Waals surface area (Å²) >= 11 is 1.74. The fourth-order valence-electron chi connectivity index (χ4n) is 2.00. The maximum Gasteiger partial charge on any atom is 0.0931 e. The second-order valence-corrected chi connectivity index (χ2v) is 5.05. The van der Waals surface area contributed by atoms with Crippen LogP contribution in [0.1, 0.15) is 23.5 Å². The molecule has 1 aromatic heterocycles. The van der Waals surface area contributed by atoms with Gasteiger partial charge in [0.1, 0.15) is 0 Å². The lowest BCUT2D eigenvalue weighted by molar-refractivity contribution is 0.298. The smallest absolute Gasteiger partial charge is 0.0931 e. The van der Waals surface area contributed by atoms with Gasteiger partial charge < -0.3 is 10.4 Å². The molecule has 0 amide bonds. The lowest BCUT2D eigenvalue weighted by atomic mass is 9.95. The molecule has 1 aliphatic heterocycles. The highest BCUT2D eigenvalue weighted by Crippen LogP contribution is 2.20. The third-order valence-corrected chi connectivity index (χ3v) is 3.81. The normalized spacial score (nSPS) is 18.2. The Hall–Kier alpha value is -0.450. The van der Waals surface area contributed by atoms with Crippen molar-refractivity contribution >= 4 is 11.3 Å². The van der Waals surface area contributed by atoms with Crippen molar-refractivity contribution in [1.29, 1.82) is 0 Å². The molecule has 3 nitrogen and oxygen atoms in total. The van der Waals surface area contributed by atoms with Gasteiger partial charge in [-0.1, -0.05) is 0 Å². The van der Waals surface area contributed by atoms with Crippen molar-refractivity contribution in [1.82, 2.24) is 10.3 Å². The molecule has 2 N–H and O–H groups in total. The minimum absolute atomic E-state index is 0.205. The zero-order chi connectivity index (χ0) is 10.5. The van der Waals surface area contributed by atoms with E-state index < -0.39 is 0 Å². The summed E-state index contributed by atoms with van der Waals surface area (Å²) in [6.07, 6.45) is 4.37. The minimum atomic E-state index is 0.205. The van der Waals surface area contributed by atoms with Gasteiger partial charge in [0.2, 0.25) is 0 Å². The molecule has 0 unspecified atom stereocenters. The maximum atomic E-state index is 8.81. The van der Waals surface area contributed by atoms with E-state index in [1.807, 2.05) is 0 Å². The first-order valence-electron chi connectivity index (χ1n) is 5.63. The van der Waals surface area contributed by atoms with Gasteiger partial charge in [0.15, 0.2) is 0 Å². The summed E-state index contributed by atoms with van der Waals surface area (Å²) in [5.41, 5.74) is 1.05. The average Bonchev–Trinajstić information content (AvgIpc) is 2.68. The van der Waals surface area contributed by atoms with E-state index in [2.05, 4.69) is 15.7 Å². The van der Waals surface area contributed by atoms with Crippen LogP contribution in [0.2, 0.25) is 0 Å². The standard InChI is InChI=1S/C11H18N2OS/c14-6-3-10-8-15-11(13-10)7-9-1-4-12-5-2-9/h8-9,12,14H,1-7H2. The van der Waals surface area contributed by atoms with E-state index in [4.69, 9.17) is 5.11 Å². The van der Waals surface area contributed by atoms with E-state index in [1.54, 1.807) is 11.3 Å². The summed E-state index contributed by atoms with van der Waals surface area (Å²) < 4.78 is 0. The molecule has 4 heteroatoms. The molecule has 0 aliphatic carbocycles. The van der Waals surface area contributed by atoms with Gasteiger partial charge in [0, 0.05) is 24.8 Å². The SMILES string of the molecule is OCCc1csc(CC2CCNCC2)n1. The second kappa shape index (κ2) is 5.58. The molecule has 0 saturated carbocycles. The number of nitrogens with zero attached hydrogens (tertiary/aromatic N) is 1. The molecule has 1 aromatic rings. The van der Waals surface area contributed by atoms with Crippen LogP contribution in [0.15, 0.2) is 5.38 Å². The number of hydrogen-bond acceptors (Lipinski definition) is 4. The number of aliphatic hydroxyl groups excluding tert-OH is 1. The van der Waals surface area contributed by atoms with Crippen molar-refractivity contribution in [3.8, 4) is 0 Å². The number of hydrogen-bond donors (Lipinski definition) is 2. The lowest BCUT2D eigenvalue weighted by Crippen LogP contribution is -2.28. The Balaban J connectivity index is 1.86. The molecule has 2 heterocycles. The van der Waals surface area contributed by atoms with Crippen molar-refractivity contribution < 1.29 is 5.11 Å². The van der Waals surface area contributed by atoms with E-state index in [9.17, 15) is 0 Å². The predicted molar refractivity (Wildman–Crippen MR) is 62.2 cm³/mol. The number of rotatable bonds is 4. The topological polar surface area (TPSA) is 45.1 Å². The molecule has 1 aliphatic rings. The van der Waals surface area contributed by atoms with Crippen LogP contribution in [0.25, 0.3) is 0 Å². The van der Waals surface area contributed by atoms with E-state index >= 15 is 0 Å². The summed E-state index contributed by atoms with van der Waals surface area (Å²) in [4.78, 5) is 4.53. The summed E-state index contributed by atoms with van der Waals surface area (Å²) in [7, 11) is 0. The van der Waals surface area contributed by atoms with Crippen LogP contribution in [-0.4, -0.2) is 29.8 Å². The van der Waals surface area contributed by atoms with Crippen LogP contribution in [0.4, 0.5) is 0 Å². The molecule has 15 heavy (non-hydrogen) atoms. The van der Waals surface area contributed by atoms with Crippen molar-refractivity contribution in [2.45, 2.75) is 25.7 Å². The van der Waals surface area contributed by atoms with Gasteiger partial charge in [0.05, 0.1) is 10.7 Å². The Morgan fingerprint density at radius 3 is 3.00 bits per heavy atom. The average molecular weight is 226 g/mol. The molecular formula is C11H18N2OS. The molecule has 0 bridgehead atoms. The van der Waals surface area contributed by atoms with Crippen molar-refractivity contribution in [3.05, 3.63) is 16.1 Å². The molecule has 0 radical (unpaired) electrons. The molecular weight excluding hydrogens is 208 g/mol. The van der Waals surface area contributed by atoms with Gasteiger partial charge in [-0.15, -0.1) is 11.3 Å². The fraction of sp³-hybridized carbons (Fsp3) is 0.727. The van der Waals surface area contributed by atoms with E-state index in [0.717, 1.165) is 31.1 Å². The molecule has 0 spiro atoms. The molecule has 2 rings (SSSR count). The zero-order valence-corrected chi connectivity index (χ0v) is 9.72. The van der Waals surface area contributed by atoms with E-state index in [1.165, 1.54) is 17.8 Å². The Morgan fingerprint density at radius 2 is 2.27 bits per heavy atom. The highest BCUT2D eigenvalue weighted by atomic mass is 32.1. The summed E-state index contributed by atoms with van der Waals surface area (Å²) in [5.74, 6) is 0.805. The number of aromatic nitrogens is 1. The third-order valence-electron chi connectivity index (χ3n) is 2.89. The summed E-state index contributed by atoms with van der Waals surface area (Å²) in [5, 5.41) is 15.5. The third kappa shape index (κ3) is 3.26. The molecule has 1 fully saturated rings. The molecule has 84 valence electrons. The highest BCUT2D eigenvalue weighted by molar-refractivity contribution is 7.09.